The van der Waals surface area contributed by atoms with Crippen LogP contribution in [0.25, 0.3) is 0 Å². The highest BCUT2D eigenvalue weighted by atomic mass is 19.1. The first-order valence-electron chi connectivity index (χ1n) is 7.31. The second-order valence-corrected chi connectivity index (χ2v) is 5.30. The number of rotatable bonds is 7. The molecule has 118 valence electrons. The van der Waals surface area contributed by atoms with Gasteiger partial charge in [0.25, 0.3) is 0 Å². The van der Waals surface area contributed by atoms with Crippen molar-refractivity contribution in [1.29, 1.82) is 0 Å². The fraction of sp³-hybridized carbons (Fsp3) is 0.333. The Morgan fingerprint density at radius 2 is 1.59 bits per heavy atom. The van der Waals surface area contributed by atoms with Gasteiger partial charge in [0.1, 0.15) is 5.82 Å². The Hall–Kier alpha value is -2.07. The predicted octanol–water partition coefficient (Wildman–Crippen LogP) is 3.56. The summed E-state index contributed by atoms with van der Waals surface area (Å²) < 4.78 is 23.4. The lowest BCUT2D eigenvalue weighted by molar-refractivity contribution is 0.354. The van der Waals surface area contributed by atoms with Crippen molar-refractivity contribution in [2.75, 3.05) is 14.2 Å². The Balaban J connectivity index is 1.91. The number of benzene rings is 2. The summed E-state index contributed by atoms with van der Waals surface area (Å²) in [7, 11) is 3.27. The normalized spacial score (nSPS) is 12.0. The van der Waals surface area contributed by atoms with Gasteiger partial charge >= 0.3 is 0 Å². The molecule has 22 heavy (non-hydrogen) atoms. The van der Waals surface area contributed by atoms with E-state index in [0.29, 0.717) is 6.04 Å². The molecule has 4 heteroatoms. The molecular formula is C18H22FNO2. The van der Waals surface area contributed by atoms with E-state index in [2.05, 4.69) is 12.2 Å². The van der Waals surface area contributed by atoms with E-state index in [9.17, 15) is 4.39 Å². The minimum atomic E-state index is -0.206. The van der Waals surface area contributed by atoms with Crippen LogP contribution < -0.4 is 14.8 Å². The molecular weight excluding hydrogens is 281 g/mol. The van der Waals surface area contributed by atoms with Crippen LogP contribution in [0.15, 0.2) is 42.5 Å². The molecule has 1 atom stereocenters. The van der Waals surface area contributed by atoms with E-state index in [1.165, 1.54) is 17.7 Å². The molecule has 0 aliphatic heterocycles. The lowest BCUT2D eigenvalue weighted by atomic mass is 10.1. The van der Waals surface area contributed by atoms with Crippen LogP contribution in [0.5, 0.6) is 11.5 Å². The van der Waals surface area contributed by atoms with Gasteiger partial charge in [-0.15, -0.1) is 0 Å². The molecule has 0 fully saturated rings. The van der Waals surface area contributed by atoms with Crippen molar-refractivity contribution in [1.82, 2.24) is 5.32 Å². The molecule has 0 aliphatic carbocycles. The van der Waals surface area contributed by atoms with E-state index in [4.69, 9.17) is 9.47 Å². The Morgan fingerprint density at radius 1 is 0.955 bits per heavy atom. The molecule has 2 rings (SSSR count). The molecule has 1 N–H and O–H groups in total. The number of halogens is 1. The SMILES string of the molecule is COc1ccc(CC(C)NCc2ccc(F)cc2)cc1OC. The molecule has 1 unspecified atom stereocenters. The minimum Gasteiger partial charge on any atom is -0.493 e. The molecule has 0 saturated heterocycles. The maximum absolute atomic E-state index is 12.9. The standard InChI is InChI=1S/C18H22FNO2/c1-13(20-12-14-4-7-16(19)8-5-14)10-15-6-9-17(21-2)18(11-15)22-3/h4-9,11,13,20H,10,12H2,1-3H3. The summed E-state index contributed by atoms with van der Waals surface area (Å²) in [5, 5.41) is 3.44. The number of methoxy groups -OCH3 is 2. The number of hydrogen-bond acceptors (Lipinski definition) is 3. The second kappa shape index (κ2) is 7.80. The Bertz CT molecular complexity index is 599. The summed E-state index contributed by atoms with van der Waals surface area (Å²) in [5.74, 6) is 1.27. The fourth-order valence-corrected chi connectivity index (χ4v) is 2.33. The summed E-state index contributed by atoms with van der Waals surface area (Å²) >= 11 is 0. The van der Waals surface area contributed by atoms with Gasteiger partial charge < -0.3 is 14.8 Å². The summed E-state index contributed by atoms with van der Waals surface area (Å²) in [6.07, 6.45) is 0.877. The van der Waals surface area contributed by atoms with E-state index in [1.807, 2.05) is 18.2 Å². The van der Waals surface area contributed by atoms with E-state index < -0.39 is 0 Å². The maximum Gasteiger partial charge on any atom is 0.160 e. The Morgan fingerprint density at radius 3 is 2.23 bits per heavy atom. The van der Waals surface area contributed by atoms with Gasteiger partial charge in [-0.05, 0) is 48.7 Å². The largest absolute Gasteiger partial charge is 0.493 e. The second-order valence-electron chi connectivity index (χ2n) is 5.30. The van der Waals surface area contributed by atoms with Crippen LogP contribution in [-0.4, -0.2) is 20.3 Å². The predicted molar refractivity (Wildman–Crippen MR) is 86.0 cm³/mol. The zero-order valence-corrected chi connectivity index (χ0v) is 13.2. The summed E-state index contributed by atoms with van der Waals surface area (Å²) in [4.78, 5) is 0. The van der Waals surface area contributed by atoms with Crippen molar-refractivity contribution in [3.05, 3.63) is 59.4 Å². The van der Waals surface area contributed by atoms with Gasteiger partial charge in [-0.1, -0.05) is 18.2 Å². The minimum absolute atomic E-state index is 0.206. The van der Waals surface area contributed by atoms with Crippen LogP contribution >= 0.6 is 0 Å². The lowest BCUT2D eigenvalue weighted by Crippen LogP contribution is -2.27. The first-order valence-corrected chi connectivity index (χ1v) is 7.31. The first kappa shape index (κ1) is 16.3. The summed E-state index contributed by atoms with van der Waals surface area (Å²) in [5.41, 5.74) is 2.25. The van der Waals surface area contributed by atoms with Gasteiger partial charge in [0.15, 0.2) is 11.5 Å². The van der Waals surface area contributed by atoms with Crippen molar-refractivity contribution in [3.63, 3.8) is 0 Å². The maximum atomic E-state index is 12.9. The van der Waals surface area contributed by atoms with Crippen LogP contribution in [0.3, 0.4) is 0 Å². The van der Waals surface area contributed by atoms with Crippen LogP contribution in [0.2, 0.25) is 0 Å². The van der Waals surface area contributed by atoms with Crippen molar-refractivity contribution < 1.29 is 13.9 Å². The third-order valence-corrected chi connectivity index (χ3v) is 3.56. The highest BCUT2D eigenvalue weighted by Gasteiger charge is 2.08. The number of ether oxygens (including phenoxy) is 2. The van der Waals surface area contributed by atoms with Gasteiger partial charge in [-0.3, -0.25) is 0 Å². The van der Waals surface area contributed by atoms with Crippen molar-refractivity contribution in [3.8, 4) is 11.5 Å². The molecule has 0 amide bonds. The summed E-state index contributed by atoms with van der Waals surface area (Å²) in [6.45, 7) is 2.84. The zero-order valence-electron chi connectivity index (χ0n) is 13.2. The molecule has 3 nitrogen and oxygen atoms in total. The van der Waals surface area contributed by atoms with Gasteiger partial charge in [0, 0.05) is 12.6 Å². The quantitative estimate of drug-likeness (QED) is 0.848. The average molecular weight is 303 g/mol. The molecule has 0 bridgehead atoms. The van der Waals surface area contributed by atoms with Gasteiger partial charge in [0.2, 0.25) is 0 Å². The third kappa shape index (κ3) is 4.46. The molecule has 0 radical (unpaired) electrons. The molecule has 0 spiro atoms. The van der Waals surface area contributed by atoms with Crippen molar-refractivity contribution in [2.45, 2.75) is 25.9 Å². The monoisotopic (exact) mass is 303 g/mol. The summed E-state index contributed by atoms with van der Waals surface area (Å²) in [6, 6.07) is 12.8. The van der Waals surface area contributed by atoms with Crippen molar-refractivity contribution in [2.24, 2.45) is 0 Å². The number of nitrogens with one attached hydrogen (secondary N) is 1. The van der Waals surface area contributed by atoms with E-state index in [0.717, 1.165) is 30.0 Å². The Labute approximate surface area is 131 Å². The van der Waals surface area contributed by atoms with Crippen LogP contribution in [-0.2, 0) is 13.0 Å². The highest BCUT2D eigenvalue weighted by Crippen LogP contribution is 2.27. The van der Waals surface area contributed by atoms with Gasteiger partial charge in [-0.25, -0.2) is 4.39 Å². The zero-order chi connectivity index (χ0) is 15.9. The molecule has 0 saturated carbocycles. The van der Waals surface area contributed by atoms with Gasteiger partial charge in [0.05, 0.1) is 14.2 Å². The molecule has 2 aromatic carbocycles. The molecule has 0 aliphatic rings. The van der Waals surface area contributed by atoms with Crippen LogP contribution in [0, 0.1) is 5.82 Å². The van der Waals surface area contributed by atoms with E-state index in [1.54, 1.807) is 26.4 Å². The molecule has 0 aromatic heterocycles. The third-order valence-electron chi connectivity index (χ3n) is 3.56. The van der Waals surface area contributed by atoms with Gasteiger partial charge in [-0.2, -0.15) is 0 Å². The topological polar surface area (TPSA) is 30.5 Å². The van der Waals surface area contributed by atoms with Crippen LogP contribution in [0.1, 0.15) is 18.1 Å². The van der Waals surface area contributed by atoms with Crippen molar-refractivity contribution >= 4 is 0 Å². The lowest BCUT2D eigenvalue weighted by Gasteiger charge is -2.15. The average Bonchev–Trinajstić information content (AvgIpc) is 2.54. The van der Waals surface area contributed by atoms with E-state index in [-0.39, 0.29) is 5.82 Å². The smallest absolute Gasteiger partial charge is 0.160 e. The molecule has 0 heterocycles. The van der Waals surface area contributed by atoms with E-state index >= 15 is 0 Å². The fourth-order valence-electron chi connectivity index (χ4n) is 2.33. The number of hydrogen-bond donors (Lipinski definition) is 1. The first-order chi connectivity index (χ1) is 10.6. The Kier molecular flexibility index (Phi) is 5.78. The molecule has 2 aromatic rings. The van der Waals surface area contributed by atoms with Crippen LogP contribution in [0.4, 0.5) is 4.39 Å². The highest BCUT2D eigenvalue weighted by molar-refractivity contribution is 5.43.